The van der Waals surface area contributed by atoms with E-state index in [4.69, 9.17) is 18.4 Å². The van der Waals surface area contributed by atoms with E-state index in [1.54, 1.807) is 23.1 Å². The van der Waals surface area contributed by atoms with Gasteiger partial charge in [0.25, 0.3) is 11.8 Å². The van der Waals surface area contributed by atoms with Crippen molar-refractivity contribution in [3.05, 3.63) is 59.2 Å². The minimum absolute atomic E-state index is 0.00710. The van der Waals surface area contributed by atoms with E-state index in [1.807, 2.05) is 38.1 Å². The summed E-state index contributed by atoms with van der Waals surface area (Å²) in [5.41, 5.74) is 2.42. The second kappa shape index (κ2) is 19.2. The van der Waals surface area contributed by atoms with Crippen LogP contribution < -0.4 is 10.2 Å². The van der Waals surface area contributed by atoms with Gasteiger partial charge in [-0.1, -0.05) is 31.0 Å². The average Bonchev–Trinajstić information content (AvgIpc) is 3.34. The molecule has 1 fully saturated rings. The number of piperazine rings is 1. The van der Waals surface area contributed by atoms with Gasteiger partial charge in [-0.25, -0.2) is 0 Å². The maximum Gasteiger partial charge on any atom is 0.262 e. The first-order valence-electron chi connectivity index (χ1n) is 16.2. The molecule has 1 saturated heterocycles. The fraction of sp³-hybridized carbons (Fsp3) is 0.500. The van der Waals surface area contributed by atoms with Crippen LogP contribution in [0.25, 0.3) is 0 Å². The summed E-state index contributed by atoms with van der Waals surface area (Å²) in [6, 6.07) is 12.1. The predicted molar refractivity (Wildman–Crippen MR) is 179 cm³/mol. The zero-order valence-corrected chi connectivity index (χ0v) is 28.3. The predicted octanol–water partition coefficient (Wildman–Crippen LogP) is 2.84. The molecule has 1 N–H and O–H groups in total. The van der Waals surface area contributed by atoms with E-state index in [9.17, 15) is 24.0 Å². The van der Waals surface area contributed by atoms with Crippen LogP contribution in [0.4, 0.5) is 5.69 Å². The summed E-state index contributed by atoms with van der Waals surface area (Å²) >= 11 is 1.33. The van der Waals surface area contributed by atoms with E-state index in [0.29, 0.717) is 78.8 Å². The van der Waals surface area contributed by atoms with Crippen molar-refractivity contribution >= 4 is 47.8 Å². The van der Waals surface area contributed by atoms with E-state index in [0.717, 1.165) is 15.5 Å². The molecule has 2 heterocycles. The second-order valence-electron chi connectivity index (χ2n) is 11.3. The number of nitrogens with zero attached hydrogens (tertiary/aromatic N) is 3. The van der Waals surface area contributed by atoms with E-state index in [1.165, 1.54) is 17.6 Å². The number of nitrogens with one attached hydrogen (secondary N) is 1. The number of ether oxygens (including phenoxy) is 3. The normalized spacial score (nSPS) is 15.1. The van der Waals surface area contributed by atoms with Crippen LogP contribution in [-0.2, 0) is 32.8 Å². The Kier molecular flexibility index (Phi) is 14.8. The summed E-state index contributed by atoms with van der Waals surface area (Å²) in [6.45, 7) is 8.98. The number of amides is 5. The molecule has 2 aliphatic heterocycles. The maximum absolute atomic E-state index is 13.2. The highest BCUT2D eigenvalue weighted by molar-refractivity contribution is 7.94. The number of benzene rings is 2. The number of carbonyl (C=O) groups is 5. The van der Waals surface area contributed by atoms with Crippen LogP contribution >= 0.6 is 12.0 Å². The van der Waals surface area contributed by atoms with Crippen molar-refractivity contribution in [1.82, 2.24) is 15.1 Å². The Morgan fingerprint density at radius 1 is 0.854 bits per heavy atom. The van der Waals surface area contributed by atoms with Crippen LogP contribution in [0.5, 0.6) is 0 Å². The van der Waals surface area contributed by atoms with Crippen molar-refractivity contribution in [3.63, 3.8) is 0 Å². The Morgan fingerprint density at radius 2 is 1.48 bits per heavy atom. The number of aryl methyl sites for hydroxylation is 1. The van der Waals surface area contributed by atoms with Crippen LogP contribution in [-0.4, -0.2) is 118 Å². The monoisotopic (exact) mass is 684 g/mol. The largest absolute Gasteiger partial charge is 0.379 e. The van der Waals surface area contributed by atoms with E-state index in [-0.39, 0.29) is 36.3 Å². The maximum atomic E-state index is 13.2. The van der Waals surface area contributed by atoms with Gasteiger partial charge in [0.2, 0.25) is 18.2 Å². The van der Waals surface area contributed by atoms with Crippen LogP contribution in [0.2, 0.25) is 0 Å². The number of anilines is 1. The molecule has 260 valence electrons. The highest BCUT2D eigenvalue weighted by Crippen LogP contribution is 2.30. The lowest BCUT2D eigenvalue weighted by molar-refractivity contribution is -0.133. The molecule has 2 aliphatic rings. The van der Waals surface area contributed by atoms with Crippen LogP contribution in [0, 0.1) is 6.92 Å². The molecule has 1 unspecified atom stereocenters. The Balaban J connectivity index is 1.07. The third kappa shape index (κ3) is 10.3. The van der Waals surface area contributed by atoms with Gasteiger partial charge >= 0.3 is 0 Å². The molecular weight excluding hydrogens is 640 g/mol. The summed E-state index contributed by atoms with van der Waals surface area (Å²) in [4.78, 5) is 68.1. The molecule has 13 nitrogen and oxygen atoms in total. The second-order valence-corrected chi connectivity index (χ2v) is 12.2. The minimum Gasteiger partial charge on any atom is -0.379 e. The minimum atomic E-state index is -1.06. The molecule has 0 bridgehead atoms. The molecule has 0 aromatic heterocycles. The number of imide groups is 2. The lowest BCUT2D eigenvalue weighted by atomic mass is 10.1. The Morgan fingerprint density at radius 3 is 2.12 bits per heavy atom. The van der Waals surface area contributed by atoms with Gasteiger partial charge in [0.05, 0.1) is 63.8 Å². The molecule has 0 saturated carbocycles. The molecule has 0 aliphatic carbocycles. The number of rotatable bonds is 20. The number of hydrogen-bond acceptors (Lipinski definition) is 11. The lowest BCUT2D eigenvalue weighted by Gasteiger charge is -2.36. The van der Waals surface area contributed by atoms with Gasteiger partial charge in [0.1, 0.15) is 6.04 Å². The van der Waals surface area contributed by atoms with Gasteiger partial charge in [-0.3, -0.25) is 34.2 Å². The number of fused-ring (bicyclic) bond motifs is 1. The SMILES string of the molecule is CCCC(C(=O)NC=O)N1C(=O)c2ccc(N3CCN(C(=O)CCOCCOCCOCCOSc4ccc(C)cc4)CC3)cc2C1=O. The molecular formula is C34H44N4O9S. The zero-order chi connectivity index (χ0) is 34.3. The van der Waals surface area contributed by atoms with Crippen molar-refractivity contribution in [1.29, 1.82) is 0 Å². The summed E-state index contributed by atoms with van der Waals surface area (Å²) in [6.07, 6.45) is 1.31. The first-order chi connectivity index (χ1) is 23.3. The zero-order valence-electron chi connectivity index (χ0n) is 27.5. The Bertz CT molecular complexity index is 1400. The van der Waals surface area contributed by atoms with Gasteiger partial charge in [0.15, 0.2) is 0 Å². The highest BCUT2D eigenvalue weighted by atomic mass is 32.2. The van der Waals surface area contributed by atoms with Crippen molar-refractivity contribution in [2.75, 3.05) is 77.3 Å². The van der Waals surface area contributed by atoms with Crippen molar-refractivity contribution in [2.45, 2.75) is 44.0 Å². The van der Waals surface area contributed by atoms with E-state index in [2.05, 4.69) is 10.2 Å². The molecule has 1 atom stereocenters. The molecule has 0 radical (unpaired) electrons. The molecule has 0 spiro atoms. The molecule has 14 heteroatoms. The molecule has 2 aromatic carbocycles. The smallest absolute Gasteiger partial charge is 0.262 e. The van der Waals surface area contributed by atoms with E-state index >= 15 is 0 Å². The van der Waals surface area contributed by atoms with Gasteiger partial charge in [-0.2, -0.15) is 0 Å². The topological polar surface area (TPSA) is 144 Å². The first kappa shape index (κ1) is 37.0. The average molecular weight is 685 g/mol. The molecule has 5 amide bonds. The van der Waals surface area contributed by atoms with Gasteiger partial charge in [0, 0.05) is 48.8 Å². The summed E-state index contributed by atoms with van der Waals surface area (Å²) in [5.74, 6) is -1.79. The summed E-state index contributed by atoms with van der Waals surface area (Å²) < 4.78 is 22.1. The Hall–Kier alpha value is -3.82. The number of carbonyl (C=O) groups excluding carboxylic acids is 5. The van der Waals surface area contributed by atoms with Crippen molar-refractivity contribution in [3.8, 4) is 0 Å². The Labute approximate surface area is 285 Å². The fourth-order valence-corrected chi connectivity index (χ4v) is 5.94. The summed E-state index contributed by atoms with van der Waals surface area (Å²) in [5, 5.41) is 2.06. The third-order valence-corrected chi connectivity index (χ3v) is 8.72. The quantitative estimate of drug-likeness (QED) is 0.0952. The van der Waals surface area contributed by atoms with E-state index < -0.39 is 23.8 Å². The van der Waals surface area contributed by atoms with Gasteiger partial charge < -0.3 is 28.2 Å². The van der Waals surface area contributed by atoms with Crippen LogP contribution in [0.3, 0.4) is 0 Å². The summed E-state index contributed by atoms with van der Waals surface area (Å²) in [7, 11) is 0. The van der Waals surface area contributed by atoms with Crippen molar-refractivity contribution < 1.29 is 42.4 Å². The molecule has 48 heavy (non-hydrogen) atoms. The molecule has 2 aromatic rings. The van der Waals surface area contributed by atoms with Crippen LogP contribution in [0.15, 0.2) is 47.4 Å². The van der Waals surface area contributed by atoms with Gasteiger partial charge in [-0.05, 0) is 43.7 Å². The van der Waals surface area contributed by atoms with Crippen LogP contribution in [0.1, 0.15) is 52.5 Å². The molecule has 4 rings (SSSR count). The van der Waals surface area contributed by atoms with Crippen molar-refractivity contribution in [2.24, 2.45) is 0 Å². The standard InChI is InChI=1S/C34H44N4O9S/c1-3-4-30(32(41)35-24-39)38-33(42)28-10-7-26(23-29(28)34(38)43)36-12-14-37(15-13-36)31(40)11-16-44-17-18-45-19-20-46-21-22-47-48-27-8-5-25(2)6-9-27/h5-10,23-24,30H,3-4,11-22H2,1-2H3,(H,35,39,41). The third-order valence-electron chi connectivity index (χ3n) is 7.97. The lowest BCUT2D eigenvalue weighted by Crippen LogP contribution is -2.49. The first-order valence-corrected chi connectivity index (χ1v) is 17.0. The fourth-order valence-electron chi connectivity index (χ4n) is 5.40. The van der Waals surface area contributed by atoms with Gasteiger partial charge in [-0.15, -0.1) is 0 Å². The highest BCUT2D eigenvalue weighted by Gasteiger charge is 2.42. The number of hydrogen-bond donors (Lipinski definition) is 1.